The van der Waals surface area contributed by atoms with Crippen LogP contribution in [0.1, 0.15) is 5.56 Å². The number of nitro groups is 1. The Kier molecular flexibility index (Phi) is 4.55. The van der Waals surface area contributed by atoms with Crippen LogP contribution in [0.15, 0.2) is 47.6 Å². The van der Waals surface area contributed by atoms with Gasteiger partial charge in [-0.1, -0.05) is 29.3 Å². The van der Waals surface area contributed by atoms with Gasteiger partial charge < -0.3 is 0 Å². The van der Waals surface area contributed by atoms with Crippen LogP contribution in [-0.2, 0) is 0 Å². The van der Waals surface area contributed by atoms with Crippen molar-refractivity contribution in [2.24, 2.45) is 5.10 Å². The molecule has 0 saturated carbocycles. The first-order chi connectivity index (χ1) is 9.56. The van der Waals surface area contributed by atoms with Gasteiger partial charge >= 0.3 is 0 Å². The maximum absolute atomic E-state index is 10.7. The lowest BCUT2D eigenvalue weighted by Crippen LogP contribution is -1.93. The summed E-state index contributed by atoms with van der Waals surface area (Å²) < 4.78 is 0. The highest BCUT2D eigenvalue weighted by molar-refractivity contribution is 6.32. The number of rotatable bonds is 4. The predicted octanol–water partition coefficient (Wildman–Crippen LogP) is 4.35. The molecule has 20 heavy (non-hydrogen) atoms. The molecule has 0 amide bonds. The average Bonchev–Trinajstić information content (AvgIpc) is 2.42. The quantitative estimate of drug-likeness (QED) is 0.518. The largest absolute Gasteiger partial charge is 0.288 e. The molecule has 0 spiro atoms. The van der Waals surface area contributed by atoms with Crippen molar-refractivity contribution in [2.75, 3.05) is 5.43 Å². The van der Waals surface area contributed by atoms with Crippen LogP contribution in [0.5, 0.6) is 0 Å². The highest BCUT2D eigenvalue weighted by Crippen LogP contribution is 2.24. The topological polar surface area (TPSA) is 67.5 Å². The summed E-state index contributed by atoms with van der Waals surface area (Å²) in [6, 6.07) is 11.5. The molecular weight excluding hydrogens is 301 g/mol. The van der Waals surface area contributed by atoms with E-state index in [1.54, 1.807) is 30.3 Å². The van der Waals surface area contributed by atoms with Crippen molar-refractivity contribution in [1.29, 1.82) is 0 Å². The lowest BCUT2D eigenvalue weighted by molar-refractivity contribution is -0.384. The number of nitro benzene ring substituents is 1. The molecule has 0 aliphatic rings. The maximum Gasteiger partial charge on any atom is 0.288 e. The minimum Gasteiger partial charge on any atom is -0.279 e. The molecule has 0 aliphatic heterocycles. The second kappa shape index (κ2) is 6.36. The molecule has 0 bridgehead atoms. The van der Waals surface area contributed by atoms with E-state index in [1.165, 1.54) is 18.3 Å². The fourth-order valence-electron chi connectivity index (χ4n) is 1.46. The summed E-state index contributed by atoms with van der Waals surface area (Å²) in [7, 11) is 0. The molecule has 0 aliphatic carbocycles. The predicted molar refractivity (Wildman–Crippen MR) is 80.8 cm³/mol. The second-order valence-electron chi connectivity index (χ2n) is 3.84. The van der Waals surface area contributed by atoms with E-state index in [2.05, 4.69) is 10.5 Å². The van der Waals surface area contributed by atoms with Gasteiger partial charge in [-0.3, -0.25) is 15.5 Å². The SMILES string of the molecule is O=[N+]([O-])c1cc(/C=N/Nc2ccc(Cl)cc2)ccc1Cl. The zero-order valence-corrected chi connectivity index (χ0v) is 11.6. The van der Waals surface area contributed by atoms with Gasteiger partial charge in [0.2, 0.25) is 0 Å². The van der Waals surface area contributed by atoms with Gasteiger partial charge in [0.15, 0.2) is 0 Å². The Labute approximate surface area is 125 Å². The van der Waals surface area contributed by atoms with Crippen molar-refractivity contribution >= 4 is 40.8 Å². The van der Waals surface area contributed by atoms with Gasteiger partial charge in [-0.05, 0) is 30.3 Å². The van der Waals surface area contributed by atoms with Crippen LogP contribution in [0.25, 0.3) is 0 Å². The van der Waals surface area contributed by atoms with Crippen molar-refractivity contribution in [3.63, 3.8) is 0 Å². The highest BCUT2D eigenvalue weighted by atomic mass is 35.5. The Hall–Kier alpha value is -2.11. The molecule has 0 radical (unpaired) electrons. The number of halogens is 2. The van der Waals surface area contributed by atoms with E-state index in [9.17, 15) is 10.1 Å². The third-order valence-electron chi connectivity index (χ3n) is 2.42. The fraction of sp³-hybridized carbons (Fsp3) is 0. The third-order valence-corrected chi connectivity index (χ3v) is 2.99. The Morgan fingerprint density at radius 1 is 1.15 bits per heavy atom. The molecule has 0 atom stereocenters. The molecular formula is C13H9Cl2N3O2. The molecule has 2 rings (SSSR count). The standard InChI is InChI=1S/C13H9Cl2N3O2/c14-10-2-4-11(5-3-10)17-16-8-9-1-6-12(15)13(7-9)18(19)20/h1-8,17H/b16-8+. The Morgan fingerprint density at radius 2 is 1.85 bits per heavy atom. The summed E-state index contributed by atoms with van der Waals surface area (Å²) in [5.74, 6) is 0. The third kappa shape index (κ3) is 3.69. The highest BCUT2D eigenvalue weighted by Gasteiger charge is 2.11. The minimum absolute atomic E-state index is 0.0952. The van der Waals surface area contributed by atoms with E-state index < -0.39 is 4.92 Å². The maximum atomic E-state index is 10.7. The Bertz CT molecular complexity index is 657. The van der Waals surface area contributed by atoms with Crippen molar-refractivity contribution in [3.8, 4) is 0 Å². The summed E-state index contributed by atoms with van der Waals surface area (Å²) in [5.41, 5.74) is 3.97. The number of hydrogen-bond donors (Lipinski definition) is 1. The van der Waals surface area contributed by atoms with Crippen LogP contribution < -0.4 is 5.43 Å². The van der Waals surface area contributed by atoms with Crippen LogP contribution >= 0.6 is 23.2 Å². The van der Waals surface area contributed by atoms with Crippen molar-refractivity contribution < 1.29 is 4.92 Å². The summed E-state index contributed by atoms with van der Waals surface area (Å²) >= 11 is 11.5. The van der Waals surface area contributed by atoms with Crippen LogP contribution in [0.4, 0.5) is 11.4 Å². The lowest BCUT2D eigenvalue weighted by Gasteiger charge is -2.00. The molecule has 0 fully saturated rings. The zero-order chi connectivity index (χ0) is 14.5. The molecule has 102 valence electrons. The summed E-state index contributed by atoms with van der Waals surface area (Å²) in [6.07, 6.45) is 1.47. The molecule has 2 aromatic rings. The summed E-state index contributed by atoms with van der Waals surface area (Å²) in [5, 5.41) is 15.5. The van der Waals surface area contributed by atoms with E-state index in [0.717, 1.165) is 5.69 Å². The summed E-state index contributed by atoms with van der Waals surface area (Å²) in [4.78, 5) is 10.2. The van der Waals surface area contributed by atoms with Gasteiger partial charge in [-0.25, -0.2) is 0 Å². The number of anilines is 1. The van der Waals surface area contributed by atoms with Gasteiger partial charge in [0.05, 0.1) is 16.8 Å². The van der Waals surface area contributed by atoms with Crippen molar-refractivity contribution in [2.45, 2.75) is 0 Å². The lowest BCUT2D eigenvalue weighted by atomic mass is 10.2. The van der Waals surface area contributed by atoms with Crippen LogP contribution in [0.3, 0.4) is 0 Å². The smallest absolute Gasteiger partial charge is 0.279 e. The number of hydrogen-bond acceptors (Lipinski definition) is 4. The first-order valence-corrected chi connectivity index (χ1v) is 6.30. The molecule has 0 unspecified atom stereocenters. The van der Waals surface area contributed by atoms with E-state index in [4.69, 9.17) is 23.2 Å². The number of benzene rings is 2. The normalized spacial score (nSPS) is 10.7. The van der Waals surface area contributed by atoms with E-state index >= 15 is 0 Å². The van der Waals surface area contributed by atoms with Gasteiger partial charge in [0.1, 0.15) is 5.02 Å². The van der Waals surface area contributed by atoms with E-state index in [-0.39, 0.29) is 10.7 Å². The van der Waals surface area contributed by atoms with E-state index in [0.29, 0.717) is 10.6 Å². The molecule has 0 heterocycles. The molecule has 1 N–H and O–H groups in total. The Balaban J connectivity index is 2.10. The van der Waals surface area contributed by atoms with Crippen molar-refractivity contribution in [3.05, 3.63) is 68.2 Å². The minimum atomic E-state index is -0.535. The first-order valence-electron chi connectivity index (χ1n) is 5.55. The second-order valence-corrected chi connectivity index (χ2v) is 4.69. The van der Waals surface area contributed by atoms with E-state index in [1.807, 2.05) is 0 Å². The Morgan fingerprint density at radius 3 is 2.50 bits per heavy atom. The van der Waals surface area contributed by atoms with Gasteiger partial charge in [0, 0.05) is 16.7 Å². The van der Waals surface area contributed by atoms with Crippen LogP contribution in [0.2, 0.25) is 10.0 Å². The summed E-state index contributed by atoms with van der Waals surface area (Å²) in [6.45, 7) is 0. The number of nitrogens with one attached hydrogen (secondary N) is 1. The molecule has 5 nitrogen and oxygen atoms in total. The van der Waals surface area contributed by atoms with Gasteiger partial charge in [0.25, 0.3) is 5.69 Å². The molecule has 2 aromatic carbocycles. The first kappa shape index (κ1) is 14.3. The average molecular weight is 310 g/mol. The molecule has 0 saturated heterocycles. The molecule has 0 aromatic heterocycles. The number of nitrogens with zero attached hydrogens (tertiary/aromatic N) is 2. The number of hydrazone groups is 1. The van der Waals surface area contributed by atoms with Gasteiger partial charge in [-0.2, -0.15) is 5.10 Å². The molecule has 7 heteroatoms. The fourth-order valence-corrected chi connectivity index (χ4v) is 1.77. The van der Waals surface area contributed by atoms with Crippen LogP contribution in [-0.4, -0.2) is 11.1 Å². The zero-order valence-electron chi connectivity index (χ0n) is 10.1. The van der Waals surface area contributed by atoms with Crippen molar-refractivity contribution in [1.82, 2.24) is 0 Å². The van der Waals surface area contributed by atoms with Crippen LogP contribution in [0, 0.1) is 10.1 Å². The monoisotopic (exact) mass is 309 g/mol. The van der Waals surface area contributed by atoms with Gasteiger partial charge in [-0.15, -0.1) is 0 Å².